The molecule has 1 fully saturated rings. The lowest BCUT2D eigenvalue weighted by Crippen LogP contribution is -1.77. The van der Waals surface area contributed by atoms with Gasteiger partial charge in [-0.3, -0.25) is 0 Å². The van der Waals surface area contributed by atoms with E-state index in [1.807, 2.05) is 0 Å². The van der Waals surface area contributed by atoms with Gasteiger partial charge in [-0.15, -0.1) is 0 Å². The van der Waals surface area contributed by atoms with Crippen LogP contribution in [0.15, 0.2) is 0 Å². The van der Waals surface area contributed by atoms with Crippen LogP contribution in [0, 0.1) is 0 Å². The molecule has 1 saturated carbocycles. The summed E-state index contributed by atoms with van der Waals surface area (Å²) in [5.41, 5.74) is 0. The monoisotopic (exact) mass is 184 g/mol. The minimum atomic E-state index is 1.37. The molecule has 0 nitrogen and oxygen atoms in total. The molecule has 13 heavy (non-hydrogen) atoms. The maximum absolute atomic E-state index is 2.27. The minimum Gasteiger partial charge on any atom is -0.0654 e. The SMILES string of the molecule is C1CC1.CCCCCCCCCC. The summed E-state index contributed by atoms with van der Waals surface area (Å²) in [6, 6.07) is 0. The third-order valence-corrected chi connectivity index (χ3v) is 2.31. The zero-order valence-electron chi connectivity index (χ0n) is 9.78. The Hall–Kier alpha value is 0. The molecule has 0 bridgehead atoms. The van der Waals surface area contributed by atoms with E-state index in [0.29, 0.717) is 0 Å². The zero-order chi connectivity index (χ0) is 9.78. The third kappa shape index (κ3) is 18.8. The molecular formula is C13H28. The highest BCUT2D eigenvalue weighted by atomic mass is 14.0. The van der Waals surface area contributed by atoms with Crippen LogP contribution in [-0.4, -0.2) is 0 Å². The summed E-state index contributed by atoms with van der Waals surface area (Å²) >= 11 is 0. The average molecular weight is 184 g/mol. The predicted molar refractivity (Wildman–Crippen MR) is 62.1 cm³/mol. The molecule has 0 heteroatoms. The van der Waals surface area contributed by atoms with E-state index in [9.17, 15) is 0 Å². The van der Waals surface area contributed by atoms with Crippen molar-refractivity contribution < 1.29 is 0 Å². The van der Waals surface area contributed by atoms with Crippen molar-refractivity contribution >= 4 is 0 Å². The first-order valence-electron chi connectivity index (χ1n) is 6.41. The minimum absolute atomic E-state index is 1.37. The van der Waals surface area contributed by atoms with Crippen molar-refractivity contribution in [3.63, 3.8) is 0 Å². The van der Waals surface area contributed by atoms with Crippen LogP contribution < -0.4 is 0 Å². The summed E-state index contributed by atoms with van der Waals surface area (Å²) in [6.45, 7) is 4.54. The summed E-state index contributed by atoms with van der Waals surface area (Å²) in [5.74, 6) is 0. The van der Waals surface area contributed by atoms with Crippen molar-refractivity contribution in [3.05, 3.63) is 0 Å². The Morgan fingerprint density at radius 2 is 0.846 bits per heavy atom. The second-order valence-electron chi connectivity index (χ2n) is 4.18. The average Bonchev–Trinajstić information content (AvgIpc) is 2.98. The third-order valence-electron chi connectivity index (χ3n) is 2.31. The molecule has 0 aromatic rings. The standard InChI is InChI=1S/C10H22.C3H6/c1-3-5-7-9-10-8-6-4-2;1-2-3-1/h3-10H2,1-2H3;1-3H2. The highest BCUT2D eigenvalue weighted by Gasteiger charge is 1.95. The molecule has 0 amide bonds. The van der Waals surface area contributed by atoms with E-state index >= 15 is 0 Å². The quantitative estimate of drug-likeness (QED) is 0.470. The summed E-state index contributed by atoms with van der Waals surface area (Å²) in [6.07, 6.45) is 16.0. The highest BCUT2D eigenvalue weighted by Crippen LogP contribution is 2.14. The van der Waals surface area contributed by atoms with Crippen molar-refractivity contribution in [2.24, 2.45) is 0 Å². The zero-order valence-corrected chi connectivity index (χ0v) is 9.78. The molecule has 1 aliphatic rings. The van der Waals surface area contributed by atoms with Crippen LogP contribution >= 0.6 is 0 Å². The topological polar surface area (TPSA) is 0 Å². The van der Waals surface area contributed by atoms with Gasteiger partial charge in [-0.2, -0.15) is 0 Å². The van der Waals surface area contributed by atoms with Crippen LogP contribution in [0.4, 0.5) is 0 Å². The molecule has 0 spiro atoms. The van der Waals surface area contributed by atoms with Gasteiger partial charge in [0.05, 0.1) is 0 Å². The molecule has 0 aromatic heterocycles. The first kappa shape index (κ1) is 13.0. The summed E-state index contributed by atoms with van der Waals surface area (Å²) in [5, 5.41) is 0. The summed E-state index contributed by atoms with van der Waals surface area (Å²) in [7, 11) is 0. The van der Waals surface area contributed by atoms with Crippen molar-refractivity contribution in [1.82, 2.24) is 0 Å². The van der Waals surface area contributed by atoms with E-state index in [1.165, 1.54) is 70.6 Å². The van der Waals surface area contributed by atoms with Crippen molar-refractivity contribution in [2.75, 3.05) is 0 Å². The first-order chi connectivity index (χ1) is 6.41. The lowest BCUT2D eigenvalue weighted by atomic mass is 10.1. The van der Waals surface area contributed by atoms with Crippen molar-refractivity contribution in [2.45, 2.75) is 84.5 Å². The van der Waals surface area contributed by atoms with E-state index in [-0.39, 0.29) is 0 Å². The normalized spacial score (nSPS) is 13.4. The largest absolute Gasteiger partial charge is 0.0654 e. The summed E-state index contributed by atoms with van der Waals surface area (Å²) in [4.78, 5) is 0. The van der Waals surface area contributed by atoms with Crippen LogP contribution in [0.3, 0.4) is 0 Å². The molecular weight excluding hydrogens is 156 g/mol. The van der Waals surface area contributed by atoms with Crippen LogP contribution in [0.2, 0.25) is 0 Å². The van der Waals surface area contributed by atoms with E-state index in [4.69, 9.17) is 0 Å². The molecule has 0 N–H and O–H groups in total. The second-order valence-corrected chi connectivity index (χ2v) is 4.18. The number of unbranched alkanes of at least 4 members (excludes halogenated alkanes) is 7. The van der Waals surface area contributed by atoms with Gasteiger partial charge in [0, 0.05) is 0 Å². The smallest absolute Gasteiger partial charge is 0.0533 e. The summed E-state index contributed by atoms with van der Waals surface area (Å²) < 4.78 is 0. The van der Waals surface area contributed by atoms with Gasteiger partial charge >= 0.3 is 0 Å². The van der Waals surface area contributed by atoms with Crippen molar-refractivity contribution in [1.29, 1.82) is 0 Å². The van der Waals surface area contributed by atoms with Gasteiger partial charge in [0.1, 0.15) is 0 Å². The molecule has 0 saturated heterocycles. The van der Waals surface area contributed by atoms with E-state index in [1.54, 1.807) is 0 Å². The molecule has 0 unspecified atom stereocenters. The number of rotatable bonds is 7. The fraction of sp³-hybridized carbons (Fsp3) is 1.00. The Bertz CT molecular complexity index is 63.4. The van der Waals surface area contributed by atoms with Gasteiger partial charge in [-0.25, -0.2) is 0 Å². The van der Waals surface area contributed by atoms with Crippen LogP contribution in [-0.2, 0) is 0 Å². The fourth-order valence-corrected chi connectivity index (χ4v) is 1.21. The number of hydrogen-bond acceptors (Lipinski definition) is 0. The van der Waals surface area contributed by atoms with E-state index in [2.05, 4.69) is 13.8 Å². The molecule has 0 radical (unpaired) electrons. The van der Waals surface area contributed by atoms with Gasteiger partial charge in [-0.1, -0.05) is 84.5 Å². The van der Waals surface area contributed by atoms with Gasteiger partial charge in [0.25, 0.3) is 0 Å². The van der Waals surface area contributed by atoms with Gasteiger partial charge in [-0.05, 0) is 0 Å². The highest BCUT2D eigenvalue weighted by molar-refractivity contribution is 4.50. The molecule has 1 aliphatic carbocycles. The Morgan fingerprint density at radius 1 is 0.538 bits per heavy atom. The van der Waals surface area contributed by atoms with E-state index < -0.39 is 0 Å². The predicted octanol–water partition coefficient (Wildman–Crippen LogP) is 5.32. The Morgan fingerprint density at radius 3 is 1.08 bits per heavy atom. The number of hydrogen-bond donors (Lipinski definition) is 0. The van der Waals surface area contributed by atoms with E-state index in [0.717, 1.165) is 0 Å². The van der Waals surface area contributed by atoms with Crippen molar-refractivity contribution in [3.8, 4) is 0 Å². The Balaban J connectivity index is 0.000000396. The lowest BCUT2D eigenvalue weighted by molar-refractivity contribution is 0.585. The first-order valence-corrected chi connectivity index (χ1v) is 6.41. The molecule has 0 aliphatic heterocycles. The van der Waals surface area contributed by atoms with Crippen LogP contribution in [0.5, 0.6) is 0 Å². The molecule has 0 heterocycles. The molecule has 0 aromatic carbocycles. The Kier molecular flexibility index (Phi) is 12.0. The van der Waals surface area contributed by atoms with Gasteiger partial charge in [0.15, 0.2) is 0 Å². The maximum Gasteiger partial charge on any atom is -0.0533 e. The Labute approximate surface area is 85.1 Å². The fourth-order valence-electron chi connectivity index (χ4n) is 1.21. The van der Waals surface area contributed by atoms with Gasteiger partial charge in [0.2, 0.25) is 0 Å². The second kappa shape index (κ2) is 12.0. The van der Waals surface area contributed by atoms with Crippen LogP contribution in [0.1, 0.15) is 84.5 Å². The van der Waals surface area contributed by atoms with Gasteiger partial charge < -0.3 is 0 Å². The lowest BCUT2D eigenvalue weighted by Gasteiger charge is -1.97. The molecule has 1 rings (SSSR count). The maximum atomic E-state index is 2.27. The molecule has 0 atom stereocenters. The van der Waals surface area contributed by atoms with Crippen LogP contribution in [0.25, 0.3) is 0 Å². The molecule has 80 valence electrons.